The van der Waals surface area contributed by atoms with Gasteiger partial charge in [0.1, 0.15) is 0 Å². The summed E-state index contributed by atoms with van der Waals surface area (Å²) in [4.78, 5) is 14.8. The molecule has 3 nitrogen and oxygen atoms in total. The molecule has 0 aromatic heterocycles. The molecule has 0 aliphatic carbocycles. The van der Waals surface area contributed by atoms with Crippen LogP contribution in [0.4, 0.5) is 0 Å². The summed E-state index contributed by atoms with van der Waals surface area (Å²) in [6, 6.07) is 13.0. The Bertz CT molecular complexity index is 741. The van der Waals surface area contributed by atoms with Gasteiger partial charge in [-0.15, -0.1) is 0 Å². The highest BCUT2D eigenvalue weighted by molar-refractivity contribution is 6.36. The summed E-state index contributed by atoms with van der Waals surface area (Å²) in [5.41, 5.74) is 1.72. The van der Waals surface area contributed by atoms with Gasteiger partial charge in [-0.3, -0.25) is 9.69 Å². The third-order valence-corrected chi connectivity index (χ3v) is 5.22. The van der Waals surface area contributed by atoms with E-state index in [9.17, 15) is 4.79 Å². The van der Waals surface area contributed by atoms with Crippen molar-refractivity contribution in [2.45, 2.75) is 25.4 Å². The summed E-state index contributed by atoms with van der Waals surface area (Å²) < 4.78 is 0. The number of nitrogens with one attached hydrogen (secondary N) is 1. The fourth-order valence-electron chi connectivity index (χ4n) is 3.02. The largest absolute Gasteiger partial charge is 0.349 e. The van der Waals surface area contributed by atoms with Gasteiger partial charge < -0.3 is 5.32 Å². The van der Waals surface area contributed by atoms with Crippen LogP contribution >= 0.6 is 34.8 Å². The molecule has 1 saturated heterocycles. The molecule has 1 heterocycles. The number of nitrogens with zero attached hydrogens (tertiary/aromatic N) is 1. The minimum atomic E-state index is -0.141. The van der Waals surface area contributed by atoms with Crippen molar-refractivity contribution in [1.29, 1.82) is 0 Å². The van der Waals surface area contributed by atoms with E-state index >= 15 is 0 Å². The molecule has 1 aliphatic rings. The fraction of sp³-hybridized carbons (Fsp3) is 0.316. The second-order valence-corrected chi connectivity index (χ2v) is 7.55. The first-order chi connectivity index (χ1) is 12.0. The van der Waals surface area contributed by atoms with Crippen LogP contribution in [0.25, 0.3) is 0 Å². The van der Waals surface area contributed by atoms with Gasteiger partial charge in [0, 0.05) is 35.7 Å². The summed E-state index contributed by atoms with van der Waals surface area (Å²) in [6.07, 6.45) is 1.84. The van der Waals surface area contributed by atoms with Crippen LogP contribution in [-0.4, -0.2) is 29.9 Å². The van der Waals surface area contributed by atoms with Gasteiger partial charge in [-0.1, -0.05) is 46.9 Å². The molecule has 2 aromatic carbocycles. The molecule has 1 fully saturated rings. The Morgan fingerprint density at radius 3 is 2.28 bits per heavy atom. The highest BCUT2D eigenvalue weighted by atomic mass is 35.5. The molecule has 0 bridgehead atoms. The van der Waals surface area contributed by atoms with Crippen molar-refractivity contribution in [3.8, 4) is 0 Å². The molecule has 1 N–H and O–H groups in total. The molecule has 25 heavy (non-hydrogen) atoms. The maximum absolute atomic E-state index is 12.4. The van der Waals surface area contributed by atoms with E-state index in [-0.39, 0.29) is 11.9 Å². The third-order valence-electron chi connectivity index (χ3n) is 4.42. The van der Waals surface area contributed by atoms with Crippen molar-refractivity contribution in [3.05, 3.63) is 68.7 Å². The van der Waals surface area contributed by atoms with Gasteiger partial charge in [0.05, 0.1) is 10.6 Å². The minimum Gasteiger partial charge on any atom is -0.349 e. The Hall–Kier alpha value is -1.26. The zero-order valence-corrected chi connectivity index (χ0v) is 15.9. The molecule has 0 atom stereocenters. The quantitative estimate of drug-likeness (QED) is 0.783. The van der Waals surface area contributed by atoms with Gasteiger partial charge in [-0.25, -0.2) is 0 Å². The number of piperidine rings is 1. The zero-order valence-electron chi connectivity index (χ0n) is 13.6. The molecule has 0 saturated carbocycles. The van der Waals surface area contributed by atoms with Crippen LogP contribution in [0.2, 0.25) is 15.1 Å². The SMILES string of the molecule is O=C(NC1CCN(Cc2ccc(Cl)cc2)CC1)c1ccc(Cl)cc1Cl. The van der Waals surface area contributed by atoms with E-state index in [1.807, 2.05) is 12.1 Å². The van der Waals surface area contributed by atoms with Crippen LogP contribution in [0.5, 0.6) is 0 Å². The second kappa shape index (κ2) is 8.41. The van der Waals surface area contributed by atoms with Crippen molar-refractivity contribution in [1.82, 2.24) is 10.2 Å². The lowest BCUT2D eigenvalue weighted by Crippen LogP contribution is -2.44. The minimum absolute atomic E-state index is 0.141. The predicted molar refractivity (Wildman–Crippen MR) is 104 cm³/mol. The van der Waals surface area contributed by atoms with Crippen LogP contribution in [0.3, 0.4) is 0 Å². The average molecular weight is 398 g/mol. The molecule has 0 spiro atoms. The molecule has 2 aromatic rings. The number of carbonyl (C=O) groups excluding carboxylic acids is 1. The van der Waals surface area contributed by atoms with Gasteiger partial charge in [0.2, 0.25) is 0 Å². The maximum atomic E-state index is 12.4. The van der Waals surface area contributed by atoms with Gasteiger partial charge in [0.25, 0.3) is 5.91 Å². The van der Waals surface area contributed by atoms with Crippen molar-refractivity contribution in [2.75, 3.05) is 13.1 Å². The van der Waals surface area contributed by atoms with Crippen LogP contribution in [0, 0.1) is 0 Å². The normalized spacial score (nSPS) is 16.0. The highest BCUT2D eigenvalue weighted by Gasteiger charge is 2.22. The van der Waals surface area contributed by atoms with E-state index in [0.717, 1.165) is 37.5 Å². The van der Waals surface area contributed by atoms with Gasteiger partial charge >= 0.3 is 0 Å². The van der Waals surface area contributed by atoms with Crippen LogP contribution < -0.4 is 5.32 Å². The molecule has 3 rings (SSSR count). The lowest BCUT2D eigenvalue weighted by atomic mass is 10.0. The Morgan fingerprint density at radius 1 is 1.00 bits per heavy atom. The summed E-state index contributed by atoms with van der Waals surface area (Å²) in [6.45, 7) is 2.80. The summed E-state index contributed by atoms with van der Waals surface area (Å²) >= 11 is 17.9. The summed E-state index contributed by atoms with van der Waals surface area (Å²) in [5, 5.41) is 4.74. The Morgan fingerprint density at radius 2 is 1.64 bits per heavy atom. The first-order valence-electron chi connectivity index (χ1n) is 8.24. The third kappa shape index (κ3) is 5.11. The number of halogens is 3. The van der Waals surface area contributed by atoms with E-state index in [1.165, 1.54) is 5.56 Å². The number of carbonyl (C=O) groups is 1. The van der Waals surface area contributed by atoms with Crippen molar-refractivity contribution >= 4 is 40.7 Å². The molecule has 132 valence electrons. The standard InChI is InChI=1S/C19H19Cl3N2O/c20-14-3-1-13(2-4-14)12-24-9-7-16(8-10-24)23-19(25)17-6-5-15(21)11-18(17)22/h1-6,11,16H,7-10,12H2,(H,23,25). The Balaban J connectivity index is 1.50. The number of likely N-dealkylation sites (tertiary alicyclic amines) is 1. The van der Waals surface area contributed by atoms with Gasteiger partial charge in [-0.2, -0.15) is 0 Å². The fourth-order valence-corrected chi connectivity index (χ4v) is 3.64. The number of amides is 1. The number of benzene rings is 2. The van der Waals surface area contributed by atoms with E-state index in [0.29, 0.717) is 15.6 Å². The molecule has 0 radical (unpaired) electrons. The Kier molecular flexibility index (Phi) is 6.24. The van der Waals surface area contributed by atoms with E-state index in [4.69, 9.17) is 34.8 Å². The van der Waals surface area contributed by atoms with Crippen LogP contribution in [0.1, 0.15) is 28.8 Å². The predicted octanol–water partition coefficient (Wildman–Crippen LogP) is 5.04. The molecule has 6 heteroatoms. The first kappa shape index (κ1) is 18.5. The molecule has 1 aliphatic heterocycles. The van der Waals surface area contributed by atoms with Crippen LogP contribution in [0.15, 0.2) is 42.5 Å². The topological polar surface area (TPSA) is 32.3 Å². The monoisotopic (exact) mass is 396 g/mol. The average Bonchev–Trinajstić information content (AvgIpc) is 2.58. The molecular formula is C19H19Cl3N2O. The number of rotatable bonds is 4. The smallest absolute Gasteiger partial charge is 0.253 e. The number of hydrogen-bond acceptors (Lipinski definition) is 2. The van der Waals surface area contributed by atoms with E-state index < -0.39 is 0 Å². The molecule has 0 unspecified atom stereocenters. The summed E-state index contributed by atoms with van der Waals surface area (Å²) in [7, 11) is 0. The van der Waals surface area contributed by atoms with Crippen molar-refractivity contribution in [3.63, 3.8) is 0 Å². The molecule has 1 amide bonds. The van der Waals surface area contributed by atoms with E-state index in [2.05, 4.69) is 22.3 Å². The molecular weight excluding hydrogens is 379 g/mol. The van der Waals surface area contributed by atoms with Gasteiger partial charge in [0.15, 0.2) is 0 Å². The van der Waals surface area contributed by atoms with Crippen LogP contribution in [-0.2, 0) is 6.54 Å². The highest BCUT2D eigenvalue weighted by Crippen LogP contribution is 2.22. The van der Waals surface area contributed by atoms with E-state index in [1.54, 1.807) is 18.2 Å². The maximum Gasteiger partial charge on any atom is 0.253 e. The second-order valence-electron chi connectivity index (χ2n) is 6.27. The van der Waals surface area contributed by atoms with Crippen molar-refractivity contribution < 1.29 is 4.79 Å². The number of hydrogen-bond donors (Lipinski definition) is 1. The lowest BCUT2D eigenvalue weighted by Gasteiger charge is -2.32. The zero-order chi connectivity index (χ0) is 17.8. The van der Waals surface area contributed by atoms with Crippen molar-refractivity contribution in [2.24, 2.45) is 0 Å². The first-order valence-corrected chi connectivity index (χ1v) is 9.37. The summed E-state index contributed by atoms with van der Waals surface area (Å²) in [5.74, 6) is -0.141. The Labute approximate surface area is 162 Å². The lowest BCUT2D eigenvalue weighted by molar-refractivity contribution is 0.0909. The van der Waals surface area contributed by atoms with Gasteiger partial charge in [-0.05, 0) is 48.7 Å².